The fourth-order valence-corrected chi connectivity index (χ4v) is 2.25. The van der Waals surface area contributed by atoms with Crippen LogP contribution in [0.5, 0.6) is 5.75 Å². The van der Waals surface area contributed by atoms with Gasteiger partial charge in [0.15, 0.2) is 0 Å². The third kappa shape index (κ3) is 2.96. The fourth-order valence-electron chi connectivity index (χ4n) is 2.25. The molecule has 1 unspecified atom stereocenters. The second-order valence-electron chi connectivity index (χ2n) is 4.77. The maximum Gasteiger partial charge on any atom is 0.119 e. The van der Waals surface area contributed by atoms with Crippen LogP contribution in [0.25, 0.3) is 0 Å². The Kier molecular flexibility index (Phi) is 4.23. The molecule has 0 amide bonds. The molecule has 2 heteroatoms. The Morgan fingerprint density at radius 1 is 1.11 bits per heavy atom. The van der Waals surface area contributed by atoms with Crippen molar-refractivity contribution in [1.29, 1.82) is 0 Å². The number of nitrogens with two attached hydrogens (primary N) is 1. The summed E-state index contributed by atoms with van der Waals surface area (Å²) in [5.74, 6) is 0.876. The number of aryl methyl sites for hydroxylation is 1. The number of rotatable bonds is 4. The largest absolute Gasteiger partial charge is 0.494 e. The minimum Gasteiger partial charge on any atom is -0.494 e. The summed E-state index contributed by atoms with van der Waals surface area (Å²) in [7, 11) is 0. The van der Waals surface area contributed by atoms with Crippen LogP contribution in [0.4, 0.5) is 0 Å². The zero-order chi connectivity index (χ0) is 13.8. The second kappa shape index (κ2) is 5.89. The molecule has 0 spiro atoms. The Morgan fingerprint density at radius 3 is 2.58 bits per heavy atom. The second-order valence-corrected chi connectivity index (χ2v) is 4.77. The summed E-state index contributed by atoms with van der Waals surface area (Å²) in [5, 5.41) is 0. The smallest absolute Gasteiger partial charge is 0.119 e. The van der Waals surface area contributed by atoms with E-state index in [0.717, 1.165) is 11.3 Å². The van der Waals surface area contributed by atoms with Crippen LogP contribution in [0, 0.1) is 13.8 Å². The van der Waals surface area contributed by atoms with E-state index in [1.165, 1.54) is 16.7 Å². The first-order valence-electron chi connectivity index (χ1n) is 6.68. The normalized spacial score (nSPS) is 12.2. The van der Waals surface area contributed by atoms with Gasteiger partial charge in [0.2, 0.25) is 0 Å². The molecule has 2 aromatic carbocycles. The van der Waals surface area contributed by atoms with E-state index in [-0.39, 0.29) is 6.04 Å². The van der Waals surface area contributed by atoms with Crippen LogP contribution in [0.15, 0.2) is 42.5 Å². The van der Waals surface area contributed by atoms with Gasteiger partial charge in [0, 0.05) is 0 Å². The standard InChI is InChI=1S/C17H21NO/c1-4-19-15-9-6-8-14(11-15)17(18)16-10-5-7-12(2)13(16)3/h5-11,17H,4,18H2,1-3H3. The van der Waals surface area contributed by atoms with E-state index in [1.54, 1.807) is 0 Å². The molecular formula is C17H21NO. The molecule has 2 nitrogen and oxygen atoms in total. The molecular weight excluding hydrogens is 234 g/mol. The molecule has 1 atom stereocenters. The quantitative estimate of drug-likeness (QED) is 0.903. The van der Waals surface area contributed by atoms with Gasteiger partial charge >= 0.3 is 0 Å². The molecule has 0 fully saturated rings. The van der Waals surface area contributed by atoms with Gasteiger partial charge in [-0.3, -0.25) is 0 Å². The van der Waals surface area contributed by atoms with Crippen molar-refractivity contribution in [2.75, 3.05) is 6.61 Å². The topological polar surface area (TPSA) is 35.2 Å². The first-order valence-corrected chi connectivity index (χ1v) is 6.68. The van der Waals surface area contributed by atoms with Crippen molar-refractivity contribution in [3.05, 3.63) is 64.7 Å². The summed E-state index contributed by atoms with van der Waals surface area (Å²) in [4.78, 5) is 0. The molecule has 100 valence electrons. The van der Waals surface area contributed by atoms with Gasteiger partial charge in [-0.05, 0) is 55.2 Å². The first kappa shape index (κ1) is 13.6. The molecule has 2 aromatic rings. The molecule has 2 N–H and O–H groups in total. The molecule has 19 heavy (non-hydrogen) atoms. The number of hydrogen-bond donors (Lipinski definition) is 1. The highest BCUT2D eigenvalue weighted by atomic mass is 16.5. The van der Waals surface area contributed by atoms with Crippen LogP contribution < -0.4 is 10.5 Å². The number of ether oxygens (including phenoxy) is 1. The lowest BCUT2D eigenvalue weighted by atomic mass is 9.93. The van der Waals surface area contributed by atoms with E-state index in [4.69, 9.17) is 10.5 Å². The van der Waals surface area contributed by atoms with E-state index in [0.29, 0.717) is 6.61 Å². The lowest BCUT2D eigenvalue weighted by molar-refractivity contribution is 0.340. The van der Waals surface area contributed by atoms with Crippen molar-refractivity contribution in [3.8, 4) is 5.75 Å². The van der Waals surface area contributed by atoms with Gasteiger partial charge < -0.3 is 10.5 Å². The van der Waals surface area contributed by atoms with Crippen LogP contribution in [0.3, 0.4) is 0 Å². The lowest BCUT2D eigenvalue weighted by Gasteiger charge is -2.17. The summed E-state index contributed by atoms with van der Waals surface area (Å²) in [6, 6.07) is 14.2. The number of hydrogen-bond acceptors (Lipinski definition) is 2. The highest BCUT2D eigenvalue weighted by Crippen LogP contribution is 2.26. The Morgan fingerprint density at radius 2 is 1.84 bits per heavy atom. The molecule has 0 aliphatic rings. The highest BCUT2D eigenvalue weighted by molar-refractivity contribution is 5.42. The fraction of sp³-hybridized carbons (Fsp3) is 0.294. The minimum absolute atomic E-state index is 0.111. The molecule has 0 saturated carbocycles. The van der Waals surface area contributed by atoms with E-state index in [9.17, 15) is 0 Å². The summed E-state index contributed by atoms with van der Waals surface area (Å²) in [6.45, 7) is 6.89. The predicted octanol–water partition coefficient (Wildman–Crippen LogP) is 3.75. The third-order valence-corrected chi connectivity index (χ3v) is 3.51. The maximum absolute atomic E-state index is 6.40. The van der Waals surface area contributed by atoms with Crippen LogP contribution in [0.1, 0.15) is 35.2 Å². The van der Waals surface area contributed by atoms with Crippen LogP contribution in [0.2, 0.25) is 0 Å². The molecule has 0 aliphatic heterocycles. The van der Waals surface area contributed by atoms with Gasteiger partial charge in [0.25, 0.3) is 0 Å². The van der Waals surface area contributed by atoms with E-state index < -0.39 is 0 Å². The zero-order valence-corrected chi connectivity index (χ0v) is 11.8. The van der Waals surface area contributed by atoms with Gasteiger partial charge in [-0.25, -0.2) is 0 Å². The Balaban J connectivity index is 2.35. The molecule has 0 bridgehead atoms. The first-order chi connectivity index (χ1) is 9.13. The summed E-state index contributed by atoms with van der Waals surface area (Å²) < 4.78 is 5.53. The monoisotopic (exact) mass is 255 g/mol. The van der Waals surface area contributed by atoms with Gasteiger partial charge in [-0.15, -0.1) is 0 Å². The molecule has 0 aromatic heterocycles. The van der Waals surface area contributed by atoms with Crippen molar-refractivity contribution in [3.63, 3.8) is 0 Å². The summed E-state index contributed by atoms with van der Waals surface area (Å²) in [6.07, 6.45) is 0. The summed E-state index contributed by atoms with van der Waals surface area (Å²) in [5.41, 5.74) is 11.2. The molecule has 0 radical (unpaired) electrons. The Hall–Kier alpha value is -1.80. The van der Waals surface area contributed by atoms with Crippen LogP contribution in [-0.4, -0.2) is 6.61 Å². The van der Waals surface area contributed by atoms with Crippen molar-refractivity contribution in [2.24, 2.45) is 5.73 Å². The van der Waals surface area contributed by atoms with Gasteiger partial charge in [0.1, 0.15) is 5.75 Å². The van der Waals surface area contributed by atoms with Crippen LogP contribution >= 0.6 is 0 Å². The summed E-state index contributed by atoms with van der Waals surface area (Å²) >= 11 is 0. The van der Waals surface area contributed by atoms with E-state index >= 15 is 0 Å². The van der Waals surface area contributed by atoms with Crippen molar-refractivity contribution in [1.82, 2.24) is 0 Å². The molecule has 0 aliphatic carbocycles. The van der Waals surface area contributed by atoms with Crippen molar-refractivity contribution < 1.29 is 4.74 Å². The van der Waals surface area contributed by atoms with E-state index in [1.807, 2.05) is 25.1 Å². The van der Waals surface area contributed by atoms with Gasteiger partial charge in [-0.2, -0.15) is 0 Å². The molecule has 2 rings (SSSR count). The molecule has 0 saturated heterocycles. The Bertz CT molecular complexity index is 563. The average Bonchev–Trinajstić information content (AvgIpc) is 2.42. The third-order valence-electron chi connectivity index (χ3n) is 3.51. The SMILES string of the molecule is CCOc1cccc(C(N)c2cccc(C)c2C)c1. The number of benzene rings is 2. The maximum atomic E-state index is 6.40. The van der Waals surface area contributed by atoms with Gasteiger partial charge in [-0.1, -0.05) is 30.3 Å². The Labute approximate surface area is 115 Å². The highest BCUT2D eigenvalue weighted by Gasteiger charge is 2.12. The lowest BCUT2D eigenvalue weighted by Crippen LogP contribution is -2.13. The zero-order valence-electron chi connectivity index (χ0n) is 11.8. The average molecular weight is 255 g/mol. The minimum atomic E-state index is -0.111. The molecule has 0 heterocycles. The van der Waals surface area contributed by atoms with Crippen LogP contribution in [-0.2, 0) is 0 Å². The van der Waals surface area contributed by atoms with Crippen molar-refractivity contribution >= 4 is 0 Å². The predicted molar refractivity (Wildman–Crippen MR) is 79.6 cm³/mol. The van der Waals surface area contributed by atoms with E-state index in [2.05, 4.69) is 38.1 Å². The van der Waals surface area contributed by atoms with Gasteiger partial charge in [0.05, 0.1) is 12.6 Å². The van der Waals surface area contributed by atoms with Crippen molar-refractivity contribution in [2.45, 2.75) is 26.8 Å².